The van der Waals surface area contributed by atoms with E-state index in [9.17, 15) is 5.11 Å². The first-order valence-electron chi connectivity index (χ1n) is 6.43. The van der Waals surface area contributed by atoms with E-state index in [4.69, 9.17) is 0 Å². The summed E-state index contributed by atoms with van der Waals surface area (Å²) in [6.45, 7) is 0. The molecule has 1 aromatic carbocycles. The van der Waals surface area contributed by atoms with Crippen molar-refractivity contribution in [2.24, 2.45) is 0 Å². The largest absolute Gasteiger partial charge is 0.494 e. The monoisotopic (exact) mass is 238 g/mol. The Kier molecular flexibility index (Phi) is 1.92. The molecular weight excluding hydrogens is 224 g/mol. The first kappa shape index (κ1) is 9.95. The molecule has 1 saturated carbocycles. The minimum Gasteiger partial charge on any atom is -0.494 e. The lowest BCUT2D eigenvalue weighted by Gasteiger charge is -2.27. The van der Waals surface area contributed by atoms with Crippen LogP contribution in [0.4, 0.5) is 0 Å². The average Bonchev–Trinajstić information content (AvgIpc) is 2.68. The maximum Gasteiger partial charge on any atom is 0.198 e. The lowest BCUT2D eigenvalue weighted by atomic mass is 9.77. The number of fused-ring (bicyclic) bond motifs is 2. The van der Waals surface area contributed by atoms with Crippen molar-refractivity contribution in [2.75, 3.05) is 0 Å². The maximum atomic E-state index is 10.0. The predicted octanol–water partition coefficient (Wildman–Crippen LogP) is 3.69. The van der Waals surface area contributed by atoms with Crippen molar-refractivity contribution in [3.63, 3.8) is 0 Å². The summed E-state index contributed by atoms with van der Waals surface area (Å²) in [7, 11) is 0. The van der Waals surface area contributed by atoms with Crippen LogP contribution in [0.25, 0.3) is 21.8 Å². The Bertz CT molecular complexity index is 741. The molecule has 2 aromatic heterocycles. The third-order valence-electron chi connectivity index (χ3n) is 4.06. The number of benzene rings is 1. The number of nitrogens with zero attached hydrogens (tertiary/aromatic N) is 1. The number of hydrogen-bond acceptors (Lipinski definition) is 2. The highest BCUT2D eigenvalue weighted by Crippen LogP contribution is 2.44. The van der Waals surface area contributed by atoms with Crippen molar-refractivity contribution in [1.82, 2.24) is 9.97 Å². The molecule has 90 valence electrons. The van der Waals surface area contributed by atoms with Crippen molar-refractivity contribution >= 4 is 21.8 Å². The highest BCUT2D eigenvalue weighted by molar-refractivity contribution is 6.00. The Morgan fingerprint density at radius 3 is 2.78 bits per heavy atom. The van der Waals surface area contributed by atoms with Crippen LogP contribution < -0.4 is 0 Å². The van der Waals surface area contributed by atoms with E-state index in [2.05, 4.69) is 16.0 Å². The van der Waals surface area contributed by atoms with Crippen molar-refractivity contribution in [1.29, 1.82) is 0 Å². The summed E-state index contributed by atoms with van der Waals surface area (Å²) in [6, 6.07) is 8.21. The van der Waals surface area contributed by atoms with Crippen LogP contribution in [0, 0.1) is 0 Å². The summed E-state index contributed by atoms with van der Waals surface area (Å²) < 4.78 is 0. The highest BCUT2D eigenvalue weighted by atomic mass is 16.3. The van der Waals surface area contributed by atoms with E-state index in [0.717, 1.165) is 16.4 Å². The van der Waals surface area contributed by atoms with Crippen LogP contribution in [0.5, 0.6) is 5.88 Å². The first-order chi connectivity index (χ1) is 8.84. The standard InChI is InChI=1S/C15H14N2O/c18-15-14-12(8-16-15)17-11-7-2-1-6-10(11)13(14)9-4-3-5-9/h1-2,6-9,16,18H,3-5H2. The molecule has 3 nitrogen and oxygen atoms in total. The number of para-hydroxylation sites is 1. The molecular formula is C15H14N2O. The molecule has 3 aromatic rings. The zero-order valence-electron chi connectivity index (χ0n) is 9.98. The number of rotatable bonds is 1. The van der Waals surface area contributed by atoms with Gasteiger partial charge in [-0.2, -0.15) is 0 Å². The maximum absolute atomic E-state index is 10.0. The van der Waals surface area contributed by atoms with Gasteiger partial charge in [0.1, 0.15) is 0 Å². The third-order valence-corrected chi connectivity index (χ3v) is 4.06. The van der Waals surface area contributed by atoms with E-state index in [-0.39, 0.29) is 5.88 Å². The van der Waals surface area contributed by atoms with Gasteiger partial charge in [-0.25, -0.2) is 4.98 Å². The molecule has 1 fully saturated rings. The Balaban J connectivity index is 2.19. The number of aromatic amines is 1. The topological polar surface area (TPSA) is 48.9 Å². The van der Waals surface area contributed by atoms with Crippen molar-refractivity contribution in [3.05, 3.63) is 36.0 Å². The van der Waals surface area contributed by atoms with Gasteiger partial charge in [0, 0.05) is 11.6 Å². The second-order valence-electron chi connectivity index (χ2n) is 5.07. The van der Waals surface area contributed by atoms with Crippen molar-refractivity contribution in [3.8, 4) is 5.88 Å². The molecule has 1 aliphatic carbocycles. The third kappa shape index (κ3) is 1.22. The minimum atomic E-state index is 0.255. The summed E-state index contributed by atoms with van der Waals surface area (Å²) in [5, 5.41) is 12.1. The molecule has 0 saturated heterocycles. The van der Waals surface area contributed by atoms with Crippen LogP contribution in [0.15, 0.2) is 30.5 Å². The fourth-order valence-corrected chi connectivity index (χ4v) is 2.94. The smallest absolute Gasteiger partial charge is 0.198 e. The number of nitrogens with one attached hydrogen (secondary N) is 1. The van der Waals surface area contributed by atoms with Crippen molar-refractivity contribution in [2.45, 2.75) is 25.2 Å². The van der Waals surface area contributed by atoms with E-state index in [1.165, 1.54) is 30.2 Å². The minimum absolute atomic E-state index is 0.255. The average molecular weight is 238 g/mol. The number of hydrogen-bond donors (Lipinski definition) is 2. The first-order valence-corrected chi connectivity index (χ1v) is 6.43. The van der Waals surface area contributed by atoms with Gasteiger partial charge in [-0.15, -0.1) is 0 Å². The molecule has 4 rings (SSSR count). The quantitative estimate of drug-likeness (QED) is 0.679. The molecule has 0 unspecified atom stereocenters. The van der Waals surface area contributed by atoms with Gasteiger partial charge in [-0.3, -0.25) is 0 Å². The van der Waals surface area contributed by atoms with Gasteiger partial charge >= 0.3 is 0 Å². The summed E-state index contributed by atoms with van der Waals surface area (Å²) in [4.78, 5) is 7.50. The number of aromatic nitrogens is 2. The number of H-pyrrole nitrogens is 1. The van der Waals surface area contributed by atoms with E-state index >= 15 is 0 Å². The zero-order chi connectivity index (χ0) is 12.1. The van der Waals surface area contributed by atoms with Gasteiger partial charge in [-0.1, -0.05) is 24.6 Å². The summed E-state index contributed by atoms with van der Waals surface area (Å²) in [5.41, 5.74) is 3.17. The Morgan fingerprint density at radius 1 is 1.17 bits per heavy atom. The van der Waals surface area contributed by atoms with Crippen LogP contribution >= 0.6 is 0 Å². The van der Waals surface area contributed by atoms with Gasteiger partial charge in [0.25, 0.3) is 0 Å². The zero-order valence-corrected chi connectivity index (χ0v) is 9.98. The molecule has 0 atom stereocenters. The van der Waals surface area contributed by atoms with Crippen LogP contribution in [0.3, 0.4) is 0 Å². The van der Waals surface area contributed by atoms with E-state index in [1.54, 1.807) is 6.20 Å². The fourth-order valence-electron chi connectivity index (χ4n) is 2.94. The second-order valence-corrected chi connectivity index (χ2v) is 5.07. The molecule has 2 N–H and O–H groups in total. The van der Waals surface area contributed by atoms with Gasteiger partial charge in [0.2, 0.25) is 0 Å². The molecule has 0 radical (unpaired) electrons. The number of aromatic hydroxyl groups is 1. The van der Waals surface area contributed by atoms with Crippen LogP contribution in [0.2, 0.25) is 0 Å². The van der Waals surface area contributed by atoms with Gasteiger partial charge in [0.15, 0.2) is 5.88 Å². The normalized spacial score (nSPS) is 16.2. The molecule has 0 spiro atoms. The van der Waals surface area contributed by atoms with Crippen molar-refractivity contribution < 1.29 is 5.11 Å². The molecule has 0 bridgehead atoms. The molecule has 0 amide bonds. The Morgan fingerprint density at radius 2 is 2.00 bits per heavy atom. The molecule has 18 heavy (non-hydrogen) atoms. The highest BCUT2D eigenvalue weighted by Gasteiger charge is 2.26. The fraction of sp³-hybridized carbons (Fsp3) is 0.267. The molecule has 3 heteroatoms. The summed E-state index contributed by atoms with van der Waals surface area (Å²) in [6.07, 6.45) is 5.51. The summed E-state index contributed by atoms with van der Waals surface area (Å²) in [5.74, 6) is 0.826. The molecule has 0 aliphatic heterocycles. The SMILES string of the molecule is Oc1[nH]cc2nc3ccccc3c(C3CCC3)c12. The van der Waals surface area contributed by atoms with E-state index in [0.29, 0.717) is 5.92 Å². The Hall–Kier alpha value is -2.03. The lowest BCUT2D eigenvalue weighted by Crippen LogP contribution is -2.10. The molecule has 2 heterocycles. The van der Waals surface area contributed by atoms with Gasteiger partial charge < -0.3 is 10.1 Å². The number of pyridine rings is 1. The van der Waals surface area contributed by atoms with Crippen LogP contribution in [-0.2, 0) is 0 Å². The molecule has 1 aliphatic rings. The van der Waals surface area contributed by atoms with E-state index in [1.807, 2.05) is 18.2 Å². The predicted molar refractivity (Wildman–Crippen MR) is 71.9 cm³/mol. The van der Waals surface area contributed by atoms with Gasteiger partial charge in [-0.05, 0) is 30.4 Å². The summed E-state index contributed by atoms with van der Waals surface area (Å²) >= 11 is 0. The van der Waals surface area contributed by atoms with Crippen LogP contribution in [-0.4, -0.2) is 15.1 Å². The lowest BCUT2D eigenvalue weighted by molar-refractivity contribution is 0.421. The van der Waals surface area contributed by atoms with Gasteiger partial charge in [0.05, 0.1) is 16.4 Å². The van der Waals surface area contributed by atoms with E-state index < -0.39 is 0 Å². The van der Waals surface area contributed by atoms with Crippen LogP contribution in [0.1, 0.15) is 30.7 Å². The Labute approximate surface area is 104 Å². The second kappa shape index (κ2) is 3.48.